The van der Waals surface area contributed by atoms with Gasteiger partial charge in [-0.2, -0.15) is 0 Å². The predicted molar refractivity (Wildman–Crippen MR) is 121 cm³/mol. The van der Waals surface area contributed by atoms with Gasteiger partial charge in [-0.05, 0) is 36.0 Å². The third kappa shape index (κ3) is 5.05. The number of benzene rings is 2. The average molecular weight is 419 g/mol. The van der Waals surface area contributed by atoms with E-state index >= 15 is 0 Å². The molecule has 0 saturated carbocycles. The van der Waals surface area contributed by atoms with Crippen LogP contribution in [0.1, 0.15) is 18.4 Å². The summed E-state index contributed by atoms with van der Waals surface area (Å²) in [4.78, 5) is 29.9. The summed E-state index contributed by atoms with van der Waals surface area (Å²) >= 11 is 0. The zero-order valence-electron chi connectivity index (χ0n) is 17.9. The minimum atomic E-state index is -0.355. The van der Waals surface area contributed by atoms with E-state index in [2.05, 4.69) is 43.0 Å². The van der Waals surface area contributed by atoms with Gasteiger partial charge in [-0.15, -0.1) is 6.58 Å². The lowest BCUT2D eigenvalue weighted by atomic mass is 9.95. The molecule has 2 aliphatic rings. The standard InChI is InChI=1S/C26H30N2O3/c1-2-14-27-15-16-28(26(30)24-9-6-17-31-24)19-23(25(27)29)18-20-10-12-22(13-11-20)21-7-4-3-5-8-21/h2-5,7-8,10-13,23-24H,1,6,9,14-19H2/t23-,24+/m0/s1. The Balaban J connectivity index is 1.51. The molecule has 5 nitrogen and oxygen atoms in total. The zero-order valence-corrected chi connectivity index (χ0v) is 17.9. The molecule has 2 saturated heterocycles. The Bertz CT molecular complexity index is 904. The van der Waals surface area contributed by atoms with Crippen molar-refractivity contribution in [2.24, 2.45) is 5.92 Å². The van der Waals surface area contributed by atoms with Crippen LogP contribution >= 0.6 is 0 Å². The van der Waals surface area contributed by atoms with Gasteiger partial charge in [-0.3, -0.25) is 9.59 Å². The summed E-state index contributed by atoms with van der Waals surface area (Å²) in [5, 5.41) is 0. The van der Waals surface area contributed by atoms with Gasteiger partial charge < -0.3 is 14.5 Å². The van der Waals surface area contributed by atoms with E-state index < -0.39 is 0 Å². The summed E-state index contributed by atoms with van der Waals surface area (Å²) in [5.41, 5.74) is 3.42. The van der Waals surface area contributed by atoms with E-state index in [1.54, 1.807) is 6.08 Å². The average Bonchev–Trinajstić information content (AvgIpc) is 3.30. The smallest absolute Gasteiger partial charge is 0.251 e. The lowest BCUT2D eigenvalue weighted by molar-refractivity contribution is -0.141. The van der Waals surface area contributed by atoms with Gasteiger partial charge in [0.15, 0.2) is 0 Å². The van der Waals surface area contributed by atoms with Crippen LogP contribution in [0.15, 0.2) is 67.3 Å². The minimum Gasteiger partial charge on any atom is -0.368 e. The van der Waals surface area contributed by atoms with Crippen LogP contribution < -0.4 is 0 Å². The van der Waals surface area contributed by atoms with E-state index in [1.165, 1.54) is 5.56 Å². The van der Waals surface area contributed by atoms with Crippen molar-refractivity contribution < 1.29 is 14.3 Å². The van der Waals surface area contributed by atoms with Crippen LogP contribution in [0.4, 0.5) is 0 Å². The van der Waals surface area contributed by atoms with Crippen molar-refractivity contribution in [1.29, 1.82) is 0 Å². The van der Waals surface area contributed by atoms with E-state index in [0.29, 0.717) is 39.2 Å². The molecule has 0 spiro atoms. The molecule has 31 heavy (non-hydrogen) atoms. The number of carbonyl (C=O) groups excluding carboxylic acids is 2. The summed E-state index contributed by atoms with van der Waals surface area (Å²) < 4.78 is 5.61. The van der Waals surface area contributed by atoms with Crippen LogP contribution in [0.3, 0.4) is 0 Å². The molecule has 0 radical (unpaired) electrons. The van der Waals surface area contributed by atoms with Crippen LogP contribution in [0.25, 0.3) is 11.1 Å². The third-order valence-electron chi connectivity index (χ3n) is 6.15. The quantitative estimate of drug-likeness (QED) is 0.674. The van der Waals surface area contributed by atoms with Crippen molar-refractivity contribution in [3.63, 3.8) is 0 Å². The second-order valence-corrected chi connectivity index (χ2v) is 8.32. The Morgan fingerprint density at radius 1 is 1.06 bits per heavy atom. The van der Waals surface area contributed by atoms with Crippen LogP contribution in [-0.2, 0) is 20.7 Å². The topological polar surface area (TPSA) is 49.9 Å². The van der Waals surface area contributed by atoms with E-state index in [9.17, 15) is 9.59 Å². The predicted octanol–water partition coefficient (Wildman–Crippen LogP) is 3.55. The van der Waals surface area contributed by atoms with Gasteiger partial charge in [0.25, 0.3) is 5.91 Å². The molecule has 2 aromatic carbocycles. The first-order valence-corrected chi connectivity index (χ1v) is 11.1. The maximum atomic E-state index is 13.2. The lowest BCUT2D eigenvalue weighted by Crippen LogP contribution is -2.42. The van der Waals surface area contributed by atoms with Crippen molar-refractivity contribution in [3.05, 3.63) is 72.8 Å². The van der Waals surface area contributed by atoms with E-state index in [4.69, 9.17) is 4.74 Å². The maximum Gasteiger partial charge on any atom is 0.251 e. The summed E-state index contributed by atoms with van der Waals surface area (Å²) in [7, 11) is 0. The first-order valence-electron chi connectivity index (χ1n) is 11.1. The number of amides is 2. The summed E-state index contributed by atoms with van der Waals surface area (Å²) in [5.74, 6) is -0.153. The summed E-state index contributed by atoms with van der Waals surface area (Å²) in [6.45, 7) is 6.45. The minimum absolute atomic E-state index is 0.0233. The Kier molecular flexibility index (Phi) is 6.82. The number of carbonyl (C=O) groups is 2. The molecule has 0 N–H and O–H groups in total. The SMILES string of the molecule is C=CCN1CCN(C(=O)[C@H]2CCCO2)C[C@H](Cc2ccc(-c3ccccc3)cc2)C1=O. The van der Waals surface area contributed by atoms with Gasteiger partial charge in [0.1, 0.15) is 6.10 Å². The van der Waals surface area contributed by atoms with Crippen molar-refractivity contribution >= 4 is 11.8 Å². The molecule has 2 atom stereocenters. The molecule has 0 aromatic heterocycles. The zero-order chi connectivity index (χ0) is 21.6. The molecule has 2 heterocycles. The van der Waals surface area contributed by atoms with Crippen molar-refractivity contribution in [2.45, 2.75) is 25.4 Å². The molecule has 2 fully saturated rings. The first kappa shape index (κ1) is 21.3. The van der Waals surface area contributed by atoms with Crippen LogP contribution in [0.5, 0.6) is 0 Å². The highest BCUT2D eigenvalue weighted by atomic mass is 16.5. The summed E-state index contributed by atoms with van der Waals surface area (Å²) in [6.07, 6.45) is 3.69. The number of hydrogen-bond donors (Lipinski definition) is 0. The Labute approximate surface area is 184 Å². The molecule has 0 unspecified atom stereocenters. The molecular formula is C26H30N2O3. The third-order valence-corrected chi connectivity index (χ3v) is 6.15. The largest absolute Gasteiger partial charge is 0.368 e. The van der Waals surface area contributed by atoms with E-state index in [0.717, 1.165) is 24.0 Å². The highest BCUT2D eigenvalue weighted by molar-refractivity contribution is 5.84. The normalized spacial score (nSPS) is 21.7. The first-order chi connectivity index (χ1) is 15.2. The summed E-state index contributed by atoms with van der Waals surface area (Å²) in [6, 6.07) is 18.6. The molecule has 0 bridgehead atoms. The van der Waals surface area contributed by atoms with Gasteiger partial charge in [-0.25, -0.2) is 0 Å². The van der Waals surface area contributed by atoms with Crippen LogP contribution in [-0.4, -0.2) is 60.5 Å². The van der Waals surface area contributed by atoms with E-state index in [-0.39, 0.29) is 23.8 Å². The molecule has 162 valence electrons. The Morgan fingerprint density at radius 3 is 2.48 bits per heavy atom. The molecular weight excluding hydrogens is 388 g/mol. The number of ether oxygens (including phenoxy) is 1. The monoisotopic (exact) mass is 418 g/mol. The van der Waals surface area contributed by atoms with Gasteiger partial charge in [0, 0.05) is 32.8 Å². The molecule has 0 aliphatic carbocycles. The lowest BCUT2D eigenvalue weighted by Gasteiger charge is -2.25. The number of hydrogen-bond acceptors (Lipinski definition) is 3. The molecule has 2 aliphatic heterocycles. The molecule has 5 heteroatoms. The Morgan fingerprint density at radius 2 is 1.81 bits per heavy atom. The van der Waals surface area contributed by atoms with Gasteiger partial charge in [0.05, 0.1) is 5.92 Å². The fourth-order valence-electron chi connectivity index (χ4n) is 4.46. The van der Waals surface area contributed by atoms with Gasteiger partial charge in [-0.1, -0.05) is 60.7 Å². The maximum absolute atomic E-state index is 13.2. The fourth-order valence-corrected chi connectivity index (χ4v) is 4.46. The van der Waals surface area contributed by atoms with Crippen LogP contribution in [0, 0.1) is 5.92 Å². The second-order valence-electron chi connectivity index (χ2n) is 8.32. The van der Waals surface area contributed by atoms with E-state index in [1.807, 2.05) is 28.0 Å². The molecule has 2 amide bonds. The molecule has 2 aromatic rings. The highest BCUT2D eigenvalue weighted by Gasteiger charge is 2.35. The van der Waals surface area contributed by atoms with Gasteiger partial charge in [0.2, 0.25) is 5.91 Å². The van der Waals surface area contributed by atoms with Crippen molar-refractivity contribution in [1.82, 2.24) is 9.80 Å². The fraction of sp³-hybridized carbons (Fsp3) is 0.385. The van der Waals surface area contributed by atoms with Crippen molar-refractivity contribution in [2.75, 3.05) is 32.8 Å². The Hall–Kier alpha value is -2.92. The molecule has 4 rings (SSSR count). The van der Waals surface area contributed by atoms with Crippen LogP contribution in [0.2, 0.25) is 0 Å². The number of rotatable bonds is 6. The van der Waals surface area contributed by atoms with Gasteiger partial charge >= 0.3 is 0 Å². The second kappa shape index (κ2) is 9.92. The number of nitrogens with zero attached hydrogens (tertiary/aromatic N) is 2. The highest BCUT2D eigenvalue weighted by Crippen LogP contribution is 2.23. The van der Waals surface area contributed by atoms with Crippen molar-refractivity contribution in [3.8, 4) is 11.1 Å².